The molecule has 2 N–H and O–H groups in total. The van der Waals surface area contributed by atoms with Gasteiger partial charge in [-0.2, -0.15) is 13.2 Å². The lowest BCUT2D eigenvalue weighted by atomic mass is 10.2. The summed E-state index contributed by atoms with van der Waals surface area (Å²) in [6, 6.07) is 7.63. The van der Waals surface area contributed by atoms with E-state index in [1.807, 2.05) is 0 Å². The average molecular weight is 363 g/mol. The molecule has 3 aromatic rings. The lowest BCUT2D eigenvalue weighted by Crippen LogP contribution is -2.04. The quantitative estimate of drug-likeness (QED) is 0.640. The number of alkyl halides is 3. The molecular formula is C16H12F3N5O2. The van der Waals surface area contributed by atoms with Crippen LogP contribution in [0.3, 0.4) is 0 Å². The molecule has 3 rings (SSSR count). The number of imidazole rings is 1. The van der Waals surface area contributed by atoms with E-state index in [1.165, 1.54) is 24.4 Å². The molecular weight excluding hydrogens is 351 g/mol. The Morgan fingerprint density at radius 1 is 1.15 bits per heavy atom. The van der Waals surface area contributed by atoms with Crippen LogP contribution in [-0.2, 0) is 6.18 Å². The molecule has 10 heteroatoms. The zero-order chi connectivity index (χ0) is 18.7. The highest BCUT2D eigenvalue weighted by Crippen LogP contribution is 2.33. The fourth-order valence-electron chi connectivity index (χ4n) is 2.20. The standard InChI is InChI=1S/C16H12F3N5O2/c1-20-11-3-2-9(6-12(11)24-25)26-10-4-5-21-13(7-10)15-22-8-14(23-15)16(17,18)19/h2-8,20H,1H3,(H,22,23). The van der Waals surface area contributed by atoms with Crippen molar-refractivity contribution in [2.45, 2.75) is 6.18 Å². The van der Waals surface area contributed by atoms with Gasteiger partial charge in [-0.25, -0.2) is 4.98 Å². The Balaban J connectivity index is 1.86. The first-order chi connectivity index (χ1) is 12.4. The largest absolute Gasteiger partial charge is 0.457 e. The monoisotopic (exact) mass is 363 g/mol. The van der Waals surface area contributed by atoms with Crippen molar-refractivity contribution in [1.29, 1.82) is 0 Å². The summed E-state index contributed by atoms with van der Waals surface area (Å²) in [7, 11) is 1.65. The molecule has 0 bridgehead atoms. The number of aromatic amines is 1. The summed E-state index contributed by atoms with van der Waals surface area (Å²) in [4.78, 5) is 20.7. The van der Waals surface area contributed by atoms with Crippen LogP contribution >= 0.6 is 0 Å². The summed E-state index contributed by atoms with van der Waals surface area (Å²) in [5.41, 5.74) is -0.0817. The number of hydrogen-bond donors (Lipinski definition) is 2. The number of hydrogen-bond acceptors (Lipinski definition) is 6. The maximum atomic E-state index is 12.7. The Morgan fingerprint density at radius 3 is 2.58 bits per heavy atom. The first-order valence-corrected chi connectivity index (χ1v) is 7.32. The van der Waals surface area contributed by atoms with E-state index in [9.17, 15) is 18.1 Å². The van der Waals surface area contributed by atoms with Gasteiger partial charge >= 0.3 is 6.18 Å². The van der Waals surface area contributed by atoms with Gasteiger partial charge in [0, 0.05) is 25.4 Å². The molecule has 0 aliphatic heterocycles. The summed E-state index contributed by atoms with van der Waals surface area (Å²) in [5, 5.41) is 5.73. The maximum Gasteiger partial charge on any atom is 0.432 e. The van der Waals surface area contributed by atoms with Gasteiger partial charge in [0.1, 0.15) is 28.6 Å². The van der Waals surface area contributed by atoms with Crippen molar-refractivity contribution < 1.29 is 17.9 Å². The van der Waals surface area contributed by atoms with Gasteiger partial charge < -0.3 is 15.0 Å². The third-order valence-electron chi connectivity index (χ3n) is 3.43. The van der Waals surface area contributed by atoms with Gasteiger partial charge in [0.2, 0.25) is 0 Å². The van der Waals surface area contributed by atoms with E-state index < -0.39 is 11.9 Å². The van der Waals surface area contributed by atoms with Crippen molar-refractivity contribution >= 4 is 11.4 Å². The smallest absolute Gasteiger partial charge is 0.432 e. The lowest BCUT2D eigenvalue weighted by molar-refractivity contribution is -0.140. The number of pyridine rings is 1. The van der Waals surface area contributed by atoms with E-state index >= 15 is 0 Å². The number of ether oxygens (including phenoxy) is 1. The Morgan fingerprint density at radius 2 is 1.92 bits per heavy atom. The summed E-state index contributed by atoms with van der Waals surface area (Å²) >= 11 is 0. The van der Waals surface area contributed by atoms with Crippen LogP contribution in [0.25, 0.3) is 11.5 Å². The minimum absolute atomic E-state index is 0.0384. The van der Waals surface area contributed by atoms with Crippen molar-refractivity contribution in [2.75, 3.05) is 12.4 Å². The molecule has 0 amide bonds. The molecule has 2 aromatic heterocycles. The number of anilines is 1. The highest BCUT2D eigenvalue weighted by Gasteiger charge is 2.33. The van der Waals surface area contributed by atoms with Gasteiger partial charge in [0.15, 0.2) is 5.82 Å². The summed E-state index contributed by atoms with van der Waals surface area (Å²) < 4.78 is 43.6. The second kappa shape index (κ2) is 6.82. The van der Waals surface area contributed by atoms with Crippen LogP contribution in [0.4, 0.5) is 24.5 Å². The third-order valence-corrected chi connectivity index (χ3v) is 3.43. The van der Waals surface area contributed by atoms with Crippen LogP contribution in [0.2, 0.25) is 0 Å². The number of nitrogens with one attached hydrogen (secondary N) is 2. The van der Waals surface area contributed by atoms with Crippen molar-refractivity contribution in [3.8, 4) is 23.0 Å². The number of nitroso groups, excluding NO2 is 1. The molecule has 0 atom stereocenters. The van der Waals surface area contributed by atoms with Gasteiger partial charge in [0.05, 0.1) is 11.9 Å². The average Bonchev–Trinajstić information content (AvgIpc) is 3.12. The highest BCUT2D eigenvalue weighted by molar-refractivity contribution is 5.67. The minimum Gasteiger partial charge on any atom is -0.457 e. The molecule has 2 heterocycles. The molecule has 7 nitrogen and oxygen atoms in total. The van der Waals surface area contributed by atoms with Crippen LogP contribution in [0.15, 0.2) is 47.9 Å². The normalized spacial score (nSPS) is 11.2. The fraction of sp³-hybridized carbons (Fsp3) is 0.125. The Bertz CT molecular complexity index is 940. The predicted molar refractivity (Wildman–Crippen MR) is 88.3 cm³/mol. The van der Waals surface area contributed by atoms with E-state index in [2.05, 4.69) is 25.4 Å². The number of halogens is 3. The lowest BCUT2D eigenvalue weighted by Gasteiger charge is -2.09. The second-order valence-electron chi connectivity index (χ2n) is 5.14. The SMILES string of the molecule is CNc1ccc(Oc2ccnc(-c3ncc(C(F)(F)F)[nH]3)c2)cc1N=O. The van der Waals surface area contributed by atoms with Crippen LogP contribution in [0.1, 0.15) is 5.69 Å². The van der Waals surface area contributed by atoms with Crippen LogP contribution in [0.5, 0.6) is 11.5 Å². The van der Waals surface area contributed by atoms with Gasteiger partial charge in [-0.05, 0) is 23.4 Å². The first-order valence-electron chi connectivity index (χ1n) is 7.32. The molecule has 0 spiro atoms. The number of H-pyrrole nitrogens is 1. The summed E-state index contributed by atoms with van der Waals surface area (Å²) in [5.74, 6) is 0.615. The Kier molecular flexibility index (Phi) is 4.57. The van der Waals surface area contributed by atoms with Crippen molar-refractivity contribution in [3.63, 3.8) is 0 Å². The Labute approximate surface area is 145 Å². The molecule has 0 aliphatic rings. The third kappa shape index (κ3) is 3.63. The summed E-state index contributed by atoms with van der Waals surface area (Å²) in [6.07, 6.45) is -2.45. The molecule has 0 fully saturated rings. The number of nitrogens with zero attached hydrogens (tertiary/aromatic N) is 3. The van der Waals surface area contributed by atoms with Gasteiger partial charge in [-0.3, -0.25) is 4.98 Å². The van der Waals surface area contributed by atoms with Crippen molar-refractivity contribution in [3.05, 3.63) is 53.3 Å². The molecule has 0 radical (unpaired) electrons. The van der Waals surface area contributed by atoms with Crippen molar-refractivity contribution in [1.82, 2.24) is 15.0 Å². The minimum atomic E-state index is -4.52. The summed E-state index contributed by atoms with van der Waals surface area (Å²) in [6.45, 7) is 0. The van der Waals surface area contributed by atoms with E-state index in [-0.39, 0.29) is 17.2 Å². The van der Waals surface area contributed by atoms with E-state index in [1.54, 1.807) is 19.2 Å². The first kappa shape index (κ1) is 17.4. The zero-order valence-corrected chi connectivity index (χ0v) is 13.3. The Hall–Kier alpha value is -3.43. The molecule has 0 saturated carbocycles. The predicted octanol–water partition coefficient (Wildman–Crippen LogP) is 4.72. The van der Waals surface area contributed by atoms with E-state index in [4.69, 9.17) is 4.74 Å². The maximum absolute atomic E-state index is 12.7. The van der Waals surface area contributed by atoms with Gasteiger partial charge in [-0.1, -0.05) is 0 Å². The van der Waals surface area contributed by atoms with Crippen LogP contribution in [0, 0.1) is 4.91 Å². The van der Waals surface area contributed by atoms with Gasteiger partial charge in [-0.15, -0.1) is 4.91 Å². The number of benzene rings is 1. The van der Waals surface area contributed by atoms with E-state index in [0.29, 0.717) is 23.4 Å². The van der Waals surface area contributed by atoms with Crippen LogP contribution in [-0.4, -0.2) is 22.0 Å². The fourth-order valence-corrected chi connectivity index (χ4v) is 2.20. The van der Waals surface area contributed by atoms with E-state index in [0.717, 1.165) is 0 Å². The molecule has 134 valence electrons. The molecule has 0 aliphatic carbocycles. The molecule has 0 saturated heterocycles. The zero-order valence-electron chi connectivity index (χ0n) is 13.3. The topological polar surface area (TPSA) is 92.3 Å². The molecule has 26 heavy (non-hydrogen) atoms. The van der Waals surface area contributed by atoms with Gasteiger partial charge in [0.25, 0.3) is 0 Å². The highest BCUT2D eigenvalue weighted by atomic mass is 19.4. The molecule has 0 unspecified atom stereocenters. The van der Waals surface area contributed by atoms with Crippen molar-refractivity contribution in [2.24, 2.45) is 5.18 Å². The molecule has 1 aromatic carbocycles. The van der Waals surface area contributed by atoms with Crippen LogP contribution < -0.4 is 10.1 Å². The second-order valence-corrected chi connectivity index (χ2v) is 5.14. The number of rotatable bonds is 5. The number of aromatic nitrogens is 3.